The minimum atomic E-state index is -1.18. The van der Waals surface area contributed by atoms with Crippen LogP contribution in [0.25, 0.3) is 0 Å². The van der Waals surface area contributed by atoms with Gasteiger partial charge in [0.15, 0.2) is 0 Å². The largest absolute Gasteiger partial charge is 0.323 e. The van der Waals surface area contributed by atoms with Crippen molar-refractivity contribution in [1.82, 2.24) is 0 Å². The second kappa shape index (κ2) is 6.53. The average Bonchev–Trinajstić information content (AvgIpc) is 2.46. The van der Waals surface area contributed by atoms with Gasteiger partial charge in [-0.1, -0.05) is 47.5 Å². The molecule has 3 unspecified atom stereocenters. The van der Waals surface area contributed by atoms with Crippen molar-refractivity contribution < 1.29 is 4.21 Å². The first kappa shape index (κ1) is 15.2. The summed E-state index contributed by atoms with van der Waals surface area (Å²) in [6.45, 7) is 3.93. The van der Waals surface area contributed by atoms with E-state index in [0.717, 1.165) is 5.56 Å². The van der Waals surface area contributed by atoms with Crippen LogP contribution in [0.2, 0.25) is 5.02 Å². The van der Waals surface area contributed by atoms with E-state index in [4.69, 9.17) is 17.3 Å². The lowest BCUT2D eigenvalue weighted by molar-refractivity contribution is 0.643. The summed E-state index contributed by atoms with van der Waals surface area (Å²) in [6, 6.07) is 14.9. The lowest BCUT2D eigenvalue weighted by Gasteiger charge is -2.20. The van der Waals surface area contributed by atoms with Crippen molar-refractivity contribution in [2.24, 2.45) is 5.73 Å². The Morgan fingerprint density at radius 3 is 2.40 bits per heavy atom. The van der Waals surface area contributed by atoms with E-state index in [2.05, 4.69) is 0 Å². The third-order valence-electron chi connectivity index (χ3n) is 3.33. The van der Waals surface area contributed by atoms with Gasteiger partial charge in [-0.05, 0) is 37.6 Å². The minimum Gasteiger partial charge on any atom is -0.323 e. The molecule has 0 spiro atoms. The van der Waals surface area contributed by atoms with Crippen LogP contribution >= 0.6 is 11.6 Å². The van der Waals surface area contributed by atoms with E-state index in [1.807, 2.05) is 44.2 Å². The van der Waals surface area contributed by atoms with Crippen molar-refractivity contribution in [3.05, 3.63) is 64.7 Å². The molecule has 0 radical (unpaired) electrons. The maximum absolute atomic E-state index is 12.6. The van der Waals surface area contributed by atoms with Crippen molar-refractivity contribution in [2.45, 2.75) is 30.0 Å². The number of hydrogen-bond donors (Lipinski definition) is 1. The van der Waals surface area contributed by atoms with Crippen LogP contribution in [0.4, 0.5) is 0 Å². The number of rotatable bonds is 4. The van der Waals surface area contributed by atoms with Crippen LogP contribution < -0.4 is 5.73 Å². The average molecular weight is 308 g/mol. The molecule has 2 rings (SSSR count). The zero-order chi connectivity index (χ0) is 14.7. The quantitative estimate of drug-likeness (QED) is 0.932. The van der Waals surface area contributed by atoms with E-state index in [1.165, 1.54) is 5.56 Å². The lowest BCUT2D eigenvalue weighted by atomic mass is 10.0. The molecular formula is C16H18ClNOS. The molecule has 4 heteroatoms. The molecule has 3 atom stereocenters. The summed E-state index contributed by atoms with van der Waals surface area (Å²) in [5.41, 5.74) is 8.42. The fourth-order valence-corrected chi connectivity index (χ4v) is 3.56. The van der Waals surface area contributed by atoms with Gasteiger partial charge in [0, 0.05) is 16.0 Å². The SMILES string of the molecule is Cc1ccc(C(N)C(C)S(=O)c2cccc(Cl)c2)cc1. The maximum atomic E-state index is 12.6. The Labute approximate surface area is 127 Å². The molecule has 20 heavy (non-hydrogen) atoms. The Morgan fingerprint density at radius 1 is 1.15 bits per heavy atom. The van der Waals surface area contributed by atoms with Gasteiger partial charge in [0.25, 0.3) is 0 Å². The molecular weight excluding hydrogens is 290 g/mol. The summed E-state index contributed by atoms with van der Waals surface area (Å²) in [6.07, 6.45) is 0. The summed E-state index contributed by atoms with van der Waals surface area (Å²) < 4.78 is 12.6. The van der Waals surface area contributed by atoms with E-state index in [1.54, 1.807) is 18.2 Å². The van der Waals surface area contributed by atoms with Gasteiger partial charge >= 0.3 is 0 Å². The first-order valence-electron chi connectivity index (χ1n) is 6.47. The van der Waals surface area contributed by atoms with Crippen molar-refractivity contribution >= 4 is 22.4 Å². The summed E-state index contributed by atoms with van der Waals surface area (Å²) in [5, 5.41) is 0.406. The Morgan fingerprint density at radius 2 is 1.80 bits per heavy atom. The van der Waals surface area contributed by atoms with E-state index >= 15 is 0 Å². The van der Waals surface area contributed by atoms with Crippen molar-refractivity contribution in [3.8, 4) is 0 Å². The third kappa shape index (κ3) is 3.48. The molecule has 0 saturated carbocycles. The van der Waals surface area contributed by atoms with Gasteiger partial charge < -0.3 is 5.73 Å². The van der Waals surface area contributed by atoms with Crippen molar-refractivity contribution in [2.75, 3.05) is 0 Å². The standard InChI is InChI=1S/C16H18ClNOS/c1-11-6-8-13(9-7-11)16(18)12(2)20(19)15-5-3-4-14(17)10-15/h3-10,12,16H,18H2,1-2H3. The Kier molecular flexibility index (Phi) is 4.97. The normalized spacial score (nSPS) is 15.6. The molecule has 0 aromatic heterocycles. The van der Waals surface area contributed by atoms with Crippen LogP contribution in [0.5, 0.6) is 0 Å². The Balaban J connectivity index is 2.20. The van der Waals surface area contributed by atoms with Gasteiger partial charge in [0.1, 0.15) is 0 Å². The number of nitrogens with two attached hydrogens (primary N) is 1. The van der Waals surface area contributed by atoms with E-state index in [9.17, 15) is 4.21 Å². The second-order valence-electron chi connectivity index (χ2n) is 4.90. The lowest BCUT2D eigenvalue weighted by Crippen LogP contribution is -2.27. The molecule has 2 aromatic rings. The highest BCUT2D eigenvalue weighted by Crippen LogP contribution is 2.24. The van der Waals surface area contributed by atoms with E-state index < -0.39 is 10.8 Å². The molecule has 0 bridgehead atoms. The molecule has 2 aromatic carbocycles. The van der Waals surface area contributed by atoms with Gasteiger partial charge in [-0.15, -0.1) is 0 Å². The number of halogens is 1. The van der Waals surface area contributed by atoms with Gasteiger partial charge in [-0.3, -0.25) is 4.21 Å². The highest BCUT2D eigenvalue weighted by Gasteiger charge is 2.22. The molecule has 2 N–H and O–H groups in total. The highest BCUT2D eigenvalue weighted by molar-refractivity contribution is 7.85. The number of hydrogen-bond acceptors (Lipinski definition) is 2. The molecule has 2 nitrogen and oxygen atoms in total. The first-order chi connectivity index (χ1) is 9.49. The summed E-state index contributed by atoms with van der Waals surface area (Å²) >= 11 is 5.94. The monoisotopic (exact) mass is 307 g/mol. The van der Waals surface area contributed by atoms with E-state index in [-0.39, 0.29) is 11.3 Å². The van der Waals surface area contributed by atoms with Crippen LogP contribution in [0, 0.1) is 6.92 Å². The Hall–Kier alpha value is -1.16. The summed E-state index contributed by atoms with van der Waals surface area (Å²) in [5.74, 6) is 0. The fourth-order valence-electron chi connectivity index (χ4n) is 2.00. The van der Waals surface area contributed by atoms with Crippen molar-refractivity contribution in [1.29, 1.82) is 0 Å². The van der Waals surface area contributed by atoms with Gasteiger partial charge in [0.2, 0.25) is 0 Å². The maximum Gasteiger partial charge on any atom is 0.0577 e. The highest BCUT2D eigenvalue weighted by atomic mass is 35.5. The number of benzene rings is 2. The predicted molar refractivity (Wildman–Crippen MR) is 85.4 cm³/mol. The fraction of sp³-hybridized carbons (Fsp3) is 0.250. The molecule has 0 fully saturated rings. The van der Waals surface area contributed by atoms with Gasteiger partial charge in [-0.25, -0.2) is 0 Å². The van der Waals surface area contributed by atoms with Gasteiger partial charge in [0.05, 0.1) is 16.0 Å². The molecule has 0 aliphatic heterocycles. The van der Waals surface area contributed by atoms with E-state index in [0.29, 0.717) is 9.92 Å². The topological polar surface area (TPSA) is 43.1 Å². The molecule has 0 saturated heterocycles. The summed E-state index contributed by atoms with van der Waals surface area (Å²) in [7, 11) is -1.18. The van der Waals surface area contributed by atoms with Gasteiger partial charge in [-0.2, -0.15) is 0 Å². The third-order valence-corrected chi connectivity index (χ3v) is 5.26. The van der Waals surface area contributed by atoms with Crippen LogP contribution in [0.15, 0.2) is 53.4 Å². The van der Waals surface area contributed by atoms with Crippen LogP contribution in [0.1, 0.15) is 24.1 Å². The zero-order valence-corrected chi connectivity index (χ0v) is 13.1. The van der Waals surface area contributed by atoms with Crippen molar-refractivity contribution in [3.63, 3.8) is 0 Å². The molecule has 106 valence electrons. The smallest absolute Gasteiger partial charge is 0.0577 e. The first-order valence-corrected chi connectivity index (χ1v) is 8.06. The predicted octanol–water partition coefficient (Wildman–Crippen LogP) is 3.84. The summed E-state index contributed by atoms with van der Waals surface area (Å²) in [4.78, 5) is 0.715. The zero-order valence-electron chi connectivity index (χ0n) is 11.5. The molecule has 0 amide bonds. The molecule has 0 aliphatic rings. The molecule has 0 aliphatic carbocycles. The van der Waals surface area contributed by atoms with Crippen LogP contribution in [-0.4, -0.2) is 9.46 Å². The second-order valence-corrected chi connectivity index (χ2v) is 7.14. The minimum absolute atomic E-state index is 0.184. The van der Waals surface area contributed by atoms with Crippen LogP contribution in [-0.2, 0) is 10.8 Å². The van der Waals surface area contributed by atoms with Crippen LogP contribution in [0.3, 0.4) is 0 Å². The number of aryl methyl sites for hydroxylation is 1. The molecule has 0 heterocycles. The Bertz CT molecular complexity index is 612.